The standard InChI is InChI=1S/C17H16N2O2/c1-12-9-13(2)11-14(10-12)17(20)19-15-5-3-4-6-16(15)21-8-7-18/h3-6,9-11H,8H2,1-2H3,(H,19,20). The number of aryl methyl sites for hydroxylation is 2. The number of ether oxygens (including phenoxy) is 1. The fourth-order valence-electron chi connectivity index (χ4n) is 2.11. The van der Waals surface area contributed by atoms with E-state index in [0.29, 0.717) is 17.0 Å². The lowest BCUT2D eigenvalue weighted by Crippen LogP contribution is -2.13. The molecule has 0 radical (unpaired) electrons. The van der Waals surface area contributed by atoms with Crippen LogP contribution in [0.2, 0.25) is 0 Å². The highest BCUT2D eigenvalue weighted by molar-refractivity contribution is 6.05. The monoisotopic (exact) mass is 280 g/mol. The molecule has 106 valence electrons. The summed E-state index contributed by atoms with van der Waals surface area (Å²) in [5.74, 6) is 0.284. The lowest BCUT2D eigenvalue weighted by molar-refractivity contribution is 0.102. The van der Waals surface area contributed by atoms with Gasteiger partial charge in [0.1, 0.15) is 11.8 Å². The molecule has 21 heavy (non-hydrogen) atoms. The Morgan fingerprint density at radius 2 is 1.86 bits per heavy atom. The van der Waals surface area contributed by atoms with Crippen LogP contribution in [0.1, 0.15) is 21.5 Å². The number of nitrogens with one attached hydrogen (secondary N) is 1. The third-order valence-corrected chi connectivity index (χ3v) is 2.91. The van der Waals surface area contributed by atoms with Crippen molar-refractivity contribution in [3.8, 4) is 11.8 Å². The number of carbonyl (C=O) groups excluding carboxylic acids is 1. The summed E-state index contributed by atoms with van der Waals surface area (Å²) in [6.07, 6.45) is 0. The zero-order valence-electron chi connectivity index (χ0n) is 12.0. The molecule has 2 aromatic carbocycles. The van der Waals surface area contributed by atoms with Gasteiger partial charge in [-0.2, -0.15) is 5.26 Å². The highest BCUT2D eigenvalue weighted by Crippen LogP contribution is 2.24. The maximum Gasteiger partial charge on any atom is 0.255 e. The molecule has 0 aliphatic heterocycles. The summed E-state index contributed by atoms with van der Waals surface area (Å²) in [6.45, 7) is 3.85. The molecule has 0 saturated heterocycles. The van der Waals surface area contributed by atoms with Crippen molar-refractivity contribution in [2.45, 2.75) is 13.8 Å². The first kappa shape index (κ1) is 14.6. The van der Waals surface area contributed by atoms with Crippen LogP contribution in [0.4, 0.5) is 5.69 Å². The van der Waals surface area contributed by atoms with E-state index < -0.39 is 0 Å². The maximum atomic E-state index is 12.3. The number of carbonyl (C=O) groups is 1. The van der Waals surface area contributed by atoms with Gasteiger partial charge in [0.05, 0.1) is 5.69 Å². The van der Waals surface area contributed by atoms with E-state index in [0.717, 1.165) is 11.1 Å². The summed E-state index contributed by atoms with van der Waals surface area (Å²) in [4.78, 5) is 12.3. The second-order valence-electron chi connectivity index (χ2n) is 4.77. The third kappa shape index (κ3) is 3.83. The molecule has 0 heterocycles. The van der Waals surface area contributed by atoms with Crippen LogP contribution in [0, 0.1) is 25.2 Å². The molecule has 0 aromatic heterocycles. The van der Waals surface area contributed by atoms with Crippen molar-refractivity contribution >= 4 is 11.6 Å². The number of para-hydroxylation sites is 2. The second kappa shape index (κ2) is 6.58. The number of benzene rings is 2. The van der Waals surface area contributed by atoms with Gasteiger partial charge < -0.3 is 10.1 Å². The van der Waals surface area contributed by atoms with Gasteiger partial charge in [-0.25, -0.2) is 0 Å². The van der Waals surface area contributed by atoms with Crippen LogP contribution >= 0.6 is 0 Å². The van der Waals surface area contributed by atoms with Crippen molar-refractivity contribution in [1.82, 2.24) is 0 Å². The maximum absolute atomic E-state index is 12.3. The van der Waals surface area contributed by atoms with Crippen molar-refractivity contribution in [3.63, 3.8) is 0 Å². The molecule has 1 amide bonds. The Kier molecular flexibility index (Phi) is 4.57. The van der Waals surface area contributed by atoms with E-state index in [4.69, 9.17) is 10.00 Å². The van der Waals surface area contributed by atoms with Crippen LogP contribution in [-0.4, -0.2) is 12.5 Å². The van der Waals surface area contributed by atoms with Crippen LogP contribution in [0.25, 0.3) is 0 Å². The molecule has 0 spiro atoms. The van der Waals surface area contributed by atoms with Gasteiger partial charge in [-0.15, -0.1) is 0 Å². The Hall–Kier alpha value is -2.80. The number of hydrogen-bond donors (Lipinski definition) is 1. The molecule has 1 N–H and O–H groups in total. The van der Waals surface area contributed by atoms with Gasteiger partial charge in [-0.05, 0) is 38.1 Å². The summed E-state index contributed by atoms with van der Waals surface area (Å²) in [7, 11) is 0. The van der Waals surface area contributed by atoms with E-state index in [1.807, 2.05) is 38.1 Å². The molecule has 2 rings (SSSR count). The summed E-state index contributed by atoms with van der Waals surface area (Å²) in [5.41, 5.74) is 3.22. The topological polar surface area (TPSA) is 62.1 Å². The summed E-state index contributed by atoms with van der Waals surface area (Å²) >= 11 is 0. The zero-order valence-corrected chi connectivity index (χ0v) is 12.0. The molecule has 0 aliphatic carbocycles. The van der Waals surface area contributed by atoms with E-state index in [-0.39, 0.29) is 12.5 Å². The molecule has 0 unspecified atom stereocenters. The van der Waals surface area contributed by atoms with Gasteiger partial charge in [0.15, 0.2) is 6.61 Å². The minimum absolute atomic E-state index is 0.0591. The lowest BCUT2D eigenvalue weighted by Gasteiger charge is -2.11. The largest absolute Gasteiger partial charge is 0.477 e. The lowest BCUT2D eigenvalue weighted by atomic mass is 10.1. The van der Waals surface area contributed by atoms with Crippen molar-refractivity contribution in [2.75, 3.05) is 11.9 Å². The van der Waals surface area contributed by atoms with Crippen LogP contribution in [0.5, 0.6) is 5.75 Å². The number of nitriles is 1. The molecule has 4 nitrogen and oxygen atoms in total. The number of nitrogens with zero attached hydrogens (tertiary/aromatic N) is 1. The van der Waals surface area contributed by atoms with Crippen molar-refractivity contribution in [2.24, 2.45) is 0 Å². The smallest absolute Gasteiger partial charge is 0.255 e. The Labute approximate surface area is 124 Å². The van der Waals surface area contributed by atoms with Crippen molar-refractivity contribution in [1.29, 1.82) is 5.26 Å². The van der Waals surface area contributed by atoms with Gasteiger partial charge >= 0.3 is 0 Å². The predicted octanol–water partition coefficient (Wildman–Crippen LogP) is 3.46. The molecule has 0 atom stereocenters. The predicted molar refractivity (Wildman–Crippen MR) is 81.4 cm³/mol. The number of rotatable bonds is 4. The molecular weight excluding hydrogens is 264 g/mol. The average Bonchev–Trinajstić information content (AvgIpc) is 2.45. The quantitative estimate of drug-likeness (QED) is 0.932. The fourth-order valence-corrected chi connectivity index (χ4v) is 2.11. The first-order valence-electron chi connectivity index (χ1n) is 6.58. The average molecular weight is 280 g/mol. The highest BCUT2D eigenvalue weighted by Gasteiger charge is 2.10. The SMILES string of the molecule is Cc1cc(C)cc(C(=O)Nc2ccccc2OCC#N)c1. The molecule has 0 fully saturated rings. The van der Waals surface area contributed by atoms with Crippen LogP contribution in [0.3, 0.4) is 0 Å². The molecule has 0 bridgehead atoms. The van der Waals surface area contributed by atoms with E-state index in [9.17, 15) is 4.79 Å². The van der Waals surface area contributed by atoms with Gasteiger partial charge in [0.2, 0.25) is 0 Å². The van der Waals surface area contributed by atoms with E-state index in [2.05, 4.69) is 5.32 Å². The van der Waals surface area contributed by atoms with Crippen LogP contribution < -0.4 is 10.1 Å². The summed E-state index contributed by atoms with van der Waals surface area (Å²) in [6, 6.07) is 14.6. The second-order valence-corrected chi connectivity index (χ2v) is 4.77. The van der Waals surface area contributed by atoms with Gasteiger partial charge in [0.25, 0.3) is 5.91 Å². The van der Waals surface area contributed by atoms with Crippen molar-refractivity contribution < 1.29 is 9.53 Å². The Balaban J connectivity index is 2.21. The third-order valence-electron chi connectivity index (χ3n) is 2.91. The van der Waals surface area contributed by atoms with Crippen molar-refractivity contribution in [3.05, 3.63) is 59.2 Å². The van der Waals surface area contributed by atoms with Gasteiger partial charge in [-0.3, -0.25) is 4.79 Å². The molecule has 2 aromatic rings. The molecule has 4 heteroatoms. The minimum atomic E-state index is -0.199. The Morgan fingerprint density at radius 3 is 2.52 bits per heavy atom. The first-order chi connectivity index (χ1) is 10.1. The highest BCUT2D eigenvalue weighted by atomic mass is 16.5. The minimum Gasteiger partial charge on any atom is -0.477 e. The fraction of sp³-hybridized carbons (Fsp3) is 0.176. The Bertz CT molecular complexity index is 682. The number of anilines is 1. The number of hydrogen-bond acceptors (Lipinski definition) is 3. The van der Waals surface area contributed by atoms with Crippen LogP contribution in [-0.2, 0) is 0 Å². The van der Waals surface area contributed by atoms with E-state index >= 15 is 0 Å². The summed E-state index contributed by atoms with van der Waals surface area (Å²) in [5, 5.41) is 11.4. The van der Waals surface area contributed by atoms with Crippen LogP contribution in [0.15, 0.2) is 42.5 Å². The zero-order chi connectivity index (χ0) is 15.2. The summed E-state index contributed by atoms with van der Waals surface area (Å²) < 4.78 is 5.29. The van der Waals surface area contributed by atoms with E-state index in [1.54, 1.807) is 24.3 Å². The van der Waals surface area contributed by atoms with Gasteiger partial charge in [0, 0.05) is 5.56 Å². The first-order valence-corrected chi connectivity index (χ1v) is 6.58. The Morgan fingerprint density at radius 1 is 1.19 bits per heavy atom. The molecule has 0 aliphatic rings. The number of amides is 1. The molecular formula is C17H16N2O2. The normalized spacial score (nSPS) is 9.76. The van der Waals surface area contributed by atoms with E-state index in [1.165, 1.54) is 0 Å². The molecule has 0 saturated carbocycles. The van der Waals surface area contributed by atoms with Gasteiger partial charge in [-0.1, -0.05) is 29.3 Å².